The van der Waals surface area contributed by atoms with Crippen LogP contribution in [0.15, 0.2) is 48.5 Å². The van der Waals surface area contributed by atoms with Gasteiger partial charge in [0, 0.05) is 25.4 Å². The molecule has 25 heavy (non-hydrogen) atoms. The van der Waals surface area contributed by atoms with Gasteiger partial charge >= 0.3 is 0 Å². The molecule has 0 bridgehead atoms. The number of aliphatic hydroxyl groups excluding tert-OH is 1. The molecular formula is C20H27ClN2O2. The number of nitrogens with one attached hydrogen (secondary N) is 2. The highest BCUT2D eigenvalue weighted by atomic mass is 35.5. The maximum atomic E-state index is 9.21. The van der Waals surface area contributed by atoms with Crippen molar-refractivity contribution in [2.45, 2.75) is 26.0 Å². The smallest absolute Gasteiger partial charge is 0.0696 e. The zero-order chi connectivity index (χ0) is 17.7. The number of unbranched alkanes of at least 4 members (excludes halogenated alkanes) is 1. The molecule has 0 saturated heterocycles. The lowest BCUT2D eigenvalue weighted by molar-refractivity contribution is 0.140. The van der Waals surface area contributed by atoms with E-state index in [0.29, 0.717) is 18.2 Å². The van der Waals surface area contributed by atoms with Crippen molar-refractivity contribution in [1.82, 2.24) is 5.32 Å². The highest BCUT2D eigenvalue weighted by molar-refractivity contribution is 6.32. The number of anilines is 1. The normalized spacial score (nSPS) is 10.8. The Bertz CT molecular complexity index is 608. The van der Waals surface area contributed by atoms with Crippen LogP contribution in [0.1, 0.15) is 24.0 Å². The van der Waals surface area contributed by atoms with Crippen LogP contribution in [0.2, 0.25) is 5.02 Å². The molecule has 2 rings (SSSR count). The Morgan fingerprint density at radius 3 is 2.48 bits per heavy atom. The van der Waals surface area contributed by atoms with Crippen LogP contribution in [-0.4, -0.2) is 31.4 Å². The highest BCUT2D eigenvalue weighted by Gasteiger charge is 2.04. The van der Waals surface area contributed by atoms with Crippen molar-refractivity contribution in [3.05, 3.63) is 64.7 Å². The minimum atomic E-state index is -0.0247. The van der Waals surface area contributed by atoms with Crippen LogP contribution in [0.4, 0.5) is 5.69 Å². The summed E-state index contributed by atoms with van der Waals surface area (Å²) in [7, 11) is 0. The second kappa shape index (κ2) is 11.9. The lowest BCUT2D eigenvalue weighted by atomic mass is 10.1. The van der Waals surface area contributed by atoms with E-state index >= 15 is 0 Å². The summed E-state index contributed by atoms with van der Waals surface area (Å²) in [5.41, 5.74) is 2.93. The van der Waals surface area contributed by atoms with Gasteiger partial charge in [-0.15, -0.1) is 0 Å². The lowest BCUT2D eigenvalue weighted by Gasteiger charge is -2.10. The average molecular weight is 363 g/mol. The van der Waals surface area contributed by atoms with Crippen molar-refractivity contribution < 1.29 is 9.84 Å². The van der Waals surface area contributed by atoms with Crippen LogP contribution in [0.3, 0.4) is 0 Å². The van der Waals surface area contributed by atoms with Crippen LogP contribution in [-0.2, 0) is 17.9 Å². The van der Waals surface area contributed by atoms with Gasteiger partial charge in [0.25, 0.3) is 0 Å². The molecule has 0 aliphatic heterocycles. The van der Waals surface area contributed by atoms with Gasteiger partial charge in [-0.3, -0.25) is 0 Å². The predicted molar refractivity (Wildman–Crippen MR) is 104 cm³/mol. The zero-order valence-corrected chi connectivity index (χ0v) is 15.3. The molecule has 0 fully saturated rings. The Morgan fingerprint density at radius 2 is 1.68 bits per heavy atom. The summed E-state index contributed by atoms with van der Waals surface area (Å²) < 4.78 is 5.63. The molecule has 4 nitrogen and oxygen atoms in total. The van der Waals surface area contributed by atoms with Gasteiger partial charge in [0.15, 0.2) is 0 Å². The van der Waals surface area contributed by atoms with Crippen molar-refractivity contribution in [2.75, 3.05) is 31.6 Å². The number of hydrogen-bond acceptors (Lipinski definition) is 4. The van der Waals surface area contributed by atoms with Gasteiger partial charge in [0.1, 0.15) is 0 Å². The average Bonchev–Trinajstić information content (AvgIpc) is 2.65. The fraction of sp³-hybridized carbons (Fsp3) is 0.400. The molecule has 2 aromatic rings. The van der Waals surface area contributed by atoms with Crippen molar-refractivity contribution in [3.63, 3.8) is 0 Å². The molecule has 0 unspecified atom stereocenters. The van der Waals surface area contributed by atoms with Gasteiger partial charge in [-0.05, 0) is 42.6 Å². The molecule has 136 valence electrons. The summed E-state index contributed by atoms with van der Waals surface area (Å²) >= 11 is 6.24. The second-order valence-electron chi connectivity index (χ2n) is 5.84. The van der Waals surface area contributed by atoms with E-state index in [1.165, 1.54) is 0 Å². The fourth-order valence-electron chi connectivity index (χ4n) is 2.49. The first-order chi connectivity index (χ1) is 12.3. The first-order valence-corrected chi connectivity index (χ1v) is 9.13. The van der Waals surface area contributed by atoms with Gasteiger partial charge in [0.2, 0.25) is 0 Å². The van der Waals surface area contributed by atoms with Gasteiger partial charge in [0.05, 0.1) is 18.2 Å². The van der Waals surface area contributed by atoms with E-state index in [1.807, 2.05) is 48.5 Å². The molecule has 0 spiro atoms. The minimum Gasteiger partial charge on any atom is -0.392 e. The topological polar surface area (TPSA) is 53.5 Å². The quantitative estimate of drug-likeness (QED) is 0.502. The van der Waals surface area contributed by atoms with Crippen LogP contribution in [0.25, 0.3) is 0 Å². The monoisotopic (exact) mass is 362 g/mol. The maximum Gasteiger partial charge on any atom is 0.0696 e. The van der Waals surface area contributed by atoms with Crippen molar-refractivity contribution in [2.24, 2.45) is 0 Å². The second-order valence-corrected chi connectivity index (χ2v) is 6.22. The number of halogens is 1. The summed E-state index contributed by atoms with van der Waals surface area (Å²) in [6.07, 6.45) is 2.09. The first-order valence-electron chi connectivity index (χ1n) is 8.76. The molecule has 0 aromatic heterocycles. The molecule has 0 heterocycles. The number of rotatable bonds is 12. The third-order valence-corrected chi connectivity index (χ3v) is 4.37. The Kier molecular flexibility index (Phi) is 9.37. The third-order valence-electron chi connectivity index (χ3n) is 3.89. The van der Waals surface area contributed by atoms with Crippen molar-refractivity contribution >= 4 is 17.3 Å². The Hall–Kier alpha value is -1.59. The number of ether oxygens (including phenoxy) is 1. The van der Waals surface area contributed by atoms with Gasteiger partial charge in [-0.1, -0.05) is 48.0 Å². The van der Waals surface area contributed by atoms with Crippen molar-refractivity contribution in [3.8, 4) is 0 Å². The maximum absolute atomic E-state index is 9.21. The van der Waals surface area contributed by atoms with E-state index in [9.17, 15) is 5.11 Å². The Labute approximate surface area is 155 Å². The molecule has 3 N–H and O–H groups in total. The number of benzene rings is 2. The molecule has 5 heteroatoms. The summed E-state index contributed by atoms with van der Waals surface area (Å²) in [6, 6.07) is 15.9. The fourth-order valence-corrected chi connectivity index (χ4v) is 2.75. The molecule has 0 aliphatic rings. The van der Waals surface area contributed by atoms with E-state index in [2.05, 4.69) is 10.6 Å². The Balaban J connectivity index is 1.46. The van der Waals surface area contributed by atoms with Gasteiger partial charge in [-0.2, -0.15) is 0 Å². The van der Waals surface area contributed by atoms with E-state index in [0.717, 1.165) is 49.4 Å². The minimum absolute atomic E-state index is 0.0247. The summed E-state index contributed by atoms with van der Waals surface area (Å²) in [5.74, 6) is 0. The number of hydrogen-bond donors (Lipinski definition) is 3. The number of aliphatic hydroxyl groups is 1. The largest absolute Gasteiger partial charge is 0.392 e. The van der Waals surface area contributed by atoms with Crippen molar-refractivity contribution in [1.29, 1.82) is 0 Å². The van der Waals surface area contributed by atoms with Crippen LogP contribution in [0, 0.1) is 0 Å². The first kappa shape index (κ1) is 19.7. The molecular weight excluding hydrogens is 336 g/mol. The van der Waals surface area contributed by atoms with E-state index in [4.69, 9.17) is 16.3 Å². The molecule has 0 atom stereocenters. The summed E-state index contributed by atoms with van der Waals surface area (Å²) in [4.78, 5) is 0. The van der Waals surface area contributed by atoms with Crippen LogP contribution < -0.4 is 10.6 Å². The van der Waals surface area contributed by atoms with Gasteiger partial charge < -0.3 is 20.5 Å². The van der Waals surface area contributed by atoms with Gasteiger partial charge in [-0.25, -0.2) is 0 Å². The SMILES string of the molecule is OCc1cccc(CNCCCCOCCNc2ccccc2)c1Cl. The Morgan fingerprint density at radius 1 is 0.880 bits per heavy atom. The van der Waals surface area contributed by atoms with Crippen LogP contribution >= 0.6 is 11.6 Å². The molecule has 0 saturated carbocycles. The highest BCUT2D eigenvalue weighted by Crippen LogP contribution is 2.20. The molecule has 0 amide bonds. The summed E-state index contributed by atoms with van der Waals surface area (Å²) in [5, 5.41) is 16.6. The van der Waals surface area contributed by atoms with E-state index in [1.54, 1.807) is 0 Å². The van der Waals surface area contributed by atoms with E-state index in [-0.39, 0.29) is 6.61 Å². The zero-order valence-electron chi connectivity index (χ0n) is 14.5. The number of para-hydroxylation sites is 1. The molecule has 0 radical (unpaired) electrons. The van der Waals surface area contributed by atoms with Crippen LogP contribution in [0.5, 0.6) is 0 Å². The predicted octanol–water partition coefficient (Wildman–Crippen LogP) is 3.83. The molecule has 2 aromatic carbocycles. The third kappa shape index (κ3) is 7.45. The van der Waals surface area contributed by atoms with E-state index < -0.39 is 0 Å². The summed E-state index contributed by atoms with van der Waals surface area (Å²) in [6.45, 7) is 3.93. The standard InChI is InChI=1S/C20H27ClN2O2/c21-20-17(7-6-8-18(20)16-24)15-22-11-4-5-13-25-14-12-23-19-9-2-1-3-10-19/h1-3,6-10,22-24H,4-5,11-16H2. The lowest BCUT2D eigenvalue weighted by Crippen LogP contribution is -2.16. The molecule has 0 aliphatic carbocycles.